The molecule has 4 rings (SSSR count). The Hall–Kier alpha value is -3.85. The maximum Gasteiger partial charge on any atom is 0.264 e. The first-order valence-electron chi connectivity index (χ1n) is 13.2. The highest BCUT2D eigenvalue weighted by Gasteiger charge is 2.34. The fourth-order valence-corrected chi connectivity index (χ4v) is 6.30. The number of carbonyl (C=O) groups excluding carboxylic acids is 2. The highest BCUT2D eigenvalue weighted by atomic mass is 35.5. The van der Waals surface area contributed by atoms with E-state index in [1.54, 1.807) is 18.2 Å². The van der Waals surface area contributed by atoms with Gasteiger partial charge in [-0.25, -0.2) is 8.42 Å². The van der Waals surface area contributed by atoms with E-state index in [1.807, 2.05) is 61.5 Å². The number of anilines is 1. The standard InChI is InChI=1S/C32H31Cl2N3O4S/c1-23-9-6-7-12-25(23)21-36(30(32(39)35-2)19-24-10-4-3-5-11-24)31(38)22-37(28-14-8-13-27(34)20-28)42(40,41)29-17-15-26(33)16-18-29/h3-18,20,30H,19,21-22H2,1-2H3,(H,35,39)/t30-/m0/s1. The van der Waals surface area contributed by atoms with Crippen molar-refractivity contribution < 1.29 is 18.0 Å². The second kappa shape index (κ2) is 13.9. The second-order valence-corrected chi connectivity index (χ2v) is 12.4. The van der Waals surface area contributed by atoms with Crippen molar-refractivity contribution in [3.8, 4) is 0 Å². The van der Waals surface area contributed by atoms with Crippen LogP contribution in [0.25, 0.3) is 0 Å². The van der Waals surface area contributed by atoms with Crippen molar-refractivity contribution in [2.75, 3.05) is 17.9 Å². The van der Waals surface area contributed by atoms with E-state index in [-0.39, 0.29) is 29.5 Å². The average molecular weight is 625 g/mol. The fourth-order valence-electron chi connectivity index (χ4n) is 4.59. The summed E-state index contributed by atoms with van der Waals surface area (Å²) < 4.78 is 28.9. The van der Waals surface area contributed by atoms with Crippen LogP contribution in [0.5, 0.6) is 0 Å². The lowest BCUT2D eigenvalue weighted by molar-refractivity contribution is -0.139. The summed E-state index contributed by atoms with van der Waals surface area (Å²) in [5.41, 5.74) is 2.84. The number of nitrogens with one attached hydrogen (secondary N) is 1. The van der Waals surface area contributed by atoms with E-state index in [2.05, 4.69) is 5.32 Å². The number of hydrogen-bond acceptors (Lipinski definition) is 4. The summed E-state index contributed by atoms with van der Waals surface area (Å²) in [5.74, 6) is -0.920. The van der Waals surface area contributed by atoms with Gasteiger partial charge in [0.1, 0.15) is 12.6 Å². The molecule has 1 N–H and O–H groups in total. The zero-order valence-corrected chi connectivity index (χ0v) is 25.5. The van der Waals surface area contributed by atoms with Gasteiger partial charge in [0.25, 0.3) is 10.0 Å². The van der Waals surface area contributed by atoms with E-state index in [9.17, 15) is 18.0 Å². The van der Waals surface area contributed by atoms with Crippen molar-refractivity contribution >= 4 is 50.7 Å². The van der Waals surface area contributed by atoms with Crippen LogP contribution in [0.1, 0.15) is 16.7 Å². The van der Waals surface area contributed by atoms with E-state index in [1.165, 1.54) is 42.3 Å². The van der Waals surface area contributed by atoms with Crippen LogP contribution in [0.15, 0.2) is 108 Å². The third-order valence-electron chi connectivity index (χ3n) is 6.90. The molecule has 0 aliphatic rings. The summed E-state index contributed by atoms with van der Waals surface area (Å²) in [6.45, 7) is 1.45. The summed E-state index contributed by atoms with van der Waals surface area (Å²) in [5, 5.41) is 3.36. The molecule has 42 heavy (non-hydrogen) atoms. The van der Waals surface area contributed by atoms with E-state index in [0.717, 1.165) is 21.0 Å². The minimum atomic E-state index is -4.24. The van der Waals surface area contributed by atoms with Gasteiger partial charge in [0, 0.05) is 30.1 Å². The van der Waals surface area contributed by atoms with E-state index >= 15 is 0 Å². The normalized spacial score (nSPS) is 11.9. The number of aryl methyl sites for hydroxylation is 1. The van der Waals surface area contributed by atoms with Crippen LogP contribution >= 0.6 is 23.2 Å². The Morgan fingerprint density at radius 3 is 2.14 bits per heavy atom. The third-order valence-corrected chi connectivity index (χ3v) is 9.17. The first-order chi connectivity index (χ1) is 20.1. The SMILES string of the molecule is CNC(=O)[C@H](Cc1ccccc1)N(Cc1ccccc1C)C(=O)CN(c1cccc(Cl)c1)S(=O)(=O)c1ccc(Cl)cc1. The van der Waals surface area contributed by atoms with Gasteiger partial charge >= 0.3 is 0 Å². The van der Waals surface area contributed by atoms with E-state index < -0.39 is 28.5 Å². The quantitative estimate of drug-likeness (QED) is 0.226. The van der Waals surface area contributed by atoms with Crippen LogP contribution in [0.4, 0.5) is 5.69 Å². The van der Waals surface area contributed by atoms with Crippen molar-refractivity contribution in [1.29, 1.82) is 0 Å². The summed E-state index contributed by atoms with van der Waals surface area (Å²) in [6.07, 6.45) is 0.235. The van der Waals surface area contributed by atoms with Crippen molar-refractivity contribution in [2.45, 2.75) is 30.8 Å². The maximum absolute atomic E-state index is 14.3. The predicted molar refractivity (Wildman–Crippen MR) is 167 cm³/mol. The molecule has 218 valence electrons. The van der Waals surface area contributed by atoms with E-state index in [4.69, 9.17) is 23.2 Å². The summed E-state index contributed by atoms with van der Waals surface area (Å²) in [7, 11) is -2.73. The molecule has 0 aliphatic heterocycles. The summed E-state index contributed by atoms with van der Waals surface area (Å²) in [6, 6.07) is 28.0. The Labute approximate surface area is 256 Å². The number of rotatable bonds is 11. The molecule has 4 aromatic rings. The largest absolute Gasteiger partial charge is 0.357 e. The molecule has 1 atom stereocenters. The fraction of sp³-hybridized carbons (Fsp3) is 0.188. The number of hydrogen-bond donors (Lipinski definition) is 1. The Bertz CT molecular complexity index is 1650. The Balaban J connectivity index is 1.80. The van der Waals surface area contributed by atoms with Gasteiger partial charge in [-0.2, -0.15) is 0 Å². The molecule has 7 nitrogen and oxygen atoms in total. The molecule has 0 bridgehead atoms. The molecule has 10 heteroatoms. The number of nitrogens with zero attached hydrogens (tertiary/aromatic N) is 2. The van der Waals surface area contributed by atoms with Gasteiger partial charge in [0.15, 0.2) is 0 Å². The van der Waals surface area contributed by atoms with Crippen LogP contribution in [0, 0.1) is 6.92 Å². The number of benzene rings is 4. The molecule has 0 saturated carbocycles. The lowest BCUT2D eigenvalue weighted by Crippen LogP contribution is -2.53. The molecule has 0 radical (unpaired) electrons. The van der Waals surface area contributed by atoms with Gasteiger partial charge in [-0.3, -0.25) is 13.9 Å². The average Bonchev–Trinajstić information content (AvgIpc) is 2.98. The van der Waals surface area contributed by atoms with Gasteiger partial charge in [0.05, 0.1) is 10.6 Å². The Kier molecular flexibility index (Phi) is 10.3. The molecule has 0 saturated heterocycles. The Morgan fingerprint density at radius 2 is 1.50 bits per heavy atom. The zero-order valence-electron chi connectivity index (χ0n) is 23.2. The number of halogens is 2. The first-order valence-corrected chi connectivity index (χ1v) is 15.4. The second-order valence-electron chi connectivity index (χ2n) is 9.71. The highest BCUT2D eigenvalue weighted by molar-refractivity contribution is 7.92. The van der Waals surface area contributed by atoms with Gasteiger partial charge in [0.2, 0.25) is 11.8 Å². The molecule has 0 fully saturated rings. The van der Waals surface area contributed by atoms with E-state index in [0.29, 0.717) is 10.0 Å². The number of likely N-dealkylation sites (N-methyl/N-ethyl adjacent to an activating group) is 1. The maximum atomic E-state index is 14.3. The monoisotopic (exact) mass is 623 g/mol. The molecule has 0 unspecified atom stereocenters. The lowest BCUT2D eigenvalue weighted by Gasteiger charge is -2.34. The molecule has 2 amide bonds. The van der Waals surface area contributed by atoms with Gasteiger partial charge in [-0.1, -0.05) is 83.9 Å². The van der Waals surface area contributed by atoms with Gasteiger partial charge < -0.3 is 10.2 Å². The van der Waals surface area contributed by atoms with Crippen LogP contribution < -0.4 is 9.62 Å². The Morgan fingerprint density at radius 1 is 0.833 bits per heavy atom. The minimum absolute atomic E-state index is 0.0442. The van der Waals surface area contributed by atoms with Crippen molar-refractivity contribution in [2.24, 2.45) is 0 Å². The smallest absolute Gasteiger partial charge is 0.264 e. The van der Waals surface area contributed by atoms with Crippen LogP contribution in [0.2, 0.25) is 10.0 Å². The minimum Gasteiger partial charge on any atom is -0.357 e. The lowest BCUT2D eigenvalue weighted by atomic mass is 10.0. The van der Waals surface area contributed by atoms with Gasteiger partial charge in [-0.05, 0) is 66.1 Å². The van der Waals surface area contributed by atoms with Crippen LogP contribution in [-0.2, 0) is 32.6 Å². The van der Waals surface area contributed by atoms with Crippen LogP contribution in [0.3, 0.4) is 0 Å². The number of carbonyl (C=O) groups is 2. The van der Waals surface area contributed by atoms with Crippen LogP contribution in [-0.4, -0.2) is 44.8 Å². The molecule has 0 aliphatic carbocycles. The van der Waals surface area contributed by atoms with Crippen molar-refractivity contribution in [3.05, 3.63) is 130 Å². The molecule has 4 aromatic carbocycles. The van der Waals surface area contributed by atoms with Crippen molar-refractivity contribution in [3.63, 3.8) is 0 Å². The number of amides is 2. The zero-order chi connectivity index (χ0) is 30.3. The number of sulfonamides is 1. The first kappa shape index (κ1) is 31.1. The predicted octanol–water partition coefficient (Wildman–Crippen LogP) is 5.88. The molecular formula is C32H31Cl2N3O4S. The molecule has 0 spiro atoms. The molecule has 0 heterocycles. The third kappa shape index (κ3) is 7.50. The molecular weight excluding hydrogens is 593 g/mol. The molecule has 0 aromatic heterocycles. The summed E-state index contributed by atoms with van der Waals surface area (Å²) in [4.78, 5) is 29.0. The summed E-state index contributed by atoms with van der Waals surface area (Å²) >= 11 is 12.3. The van der Waals surface area contributed by atoms with Gasteiger partial charge in [-0.15, -0.1) is 0 Å². The topological polar surface area (TPSA) is 86.8 Å². The highest BCUT2D eigenvalue weighted by Crippen LogP contribution is 2.28. The van der Waals surface area contributed by atoms with Crippen molar-refractivity contribution in [1.82, 2.24) is 10.2 Å².